The first-order chi connectivity index (χ1) is 9.18. The van der Waals surface area contributed by atoms with Crippen molar-refractivity contribution in [3.05, 3.63) is 36.0 Å². The minimum atomic E-state index is 0.618. The first kappa shape index (κ1) is 11.5. The number of aryl methyl sites for hydroxylation is 2. The van der Waals surface area contributed by atoms with Crippen LogP contribution in [0.3, 0.4) is 0 Å². The second-order valence-electron chi connectivity index (χ2n) is 4.40. The zero-order valence-corrected chi connectivity index (χ0v) is 10.8. The molecule has 3 rings (SSSR count). The van der Waals surface area contributed by atoms with Gasteiger partial charge in [-0.3, -0.25) is 4.68 Å². The van der Waals surface area contributed by atoms with Crippen LogP contribution in [-0.4, -0.2) is 25.2 Å². The molecule has 0 atom stereocenters. The number of H-pyrrole nitrogens is 1. The Labute approximate surface area is 110 Å². The molecular formula is C13H14N6. The highest BCUT2D eigenvalue weighted by molar-refractivity contribution is 5.88. The summed E-state index contributed by atoms with van der Waals surface area (Å²) in [5.41, 5.74) is 10.7. The lowest BCUT2D eigenvalue weighted by Crippen LogP contribution is -1.98. The minimum absolute atomic E-state index is 0.618. The van der Waals surface area contributed by atoms with Crippen molar-refractivity contribution in [2.75, 3.05) is 5.73 Å². The van der Waals surface area contributed by atoms with Crippen molar-refractivity contribution in [3.8, 4) is 22.5 Å². The molecule has 0 aliphatic heterocycles. The molecule has 0 amide bonds. The Morgan fingerprint density at radius 1 is 1.26 bits per heavy atom. The van der Waals surface area contributed by atoms with Gasteiger partial charge in [-0.05, 0) is 18.1 Å². The molecule has 19 heavy (non-hydrogen) atoms. The zero-order valence-electron chi connectivity index (χ0n) is 10.8. The number of nitrogens with zero attached hydrogens (tertiary/aromatic N) is 4. The topological polar surface area (TPSA) is 85.4 Å². The molecule has 0 bridgehead atoms. The second-order valence-corrected chi connectivity index (χ2v) is 4.40. The number of hydrogen-bond acceptors (Lipinski definition) is 4. The summed E-state index contributed by atoms with van der Waals surface area (Å²) in [5.74, 6) is 0.618. The Morgan fingerprint density at radius 3 is 2.74 bits per heavy atom. The van der Waals surface area contributed by atoms with Crippen LogP contribution in [0.5, 0.6) is 0 Å². The van der Waals surface area contributed by atoms with Crippen molar-refractivity contribution in [3.63, 3.8) is 0 Å². The number of nitrogens with one attached hydrogen (secondary N) is 1. The molecule has 3 aromatic rings. The van der Waals surface area contributed by atoms with Gasteiger partial charge in [0.1, 0.15) is 17.2 Å². The molecule has 0 unspecified atom stereocenters. The van der Waals surface area contributed by atoms with Crippen molar-refractivity contribution in [2.24, 2.45) is 7.05 Å². The Bertz CT molecular complexity index is 711. The molecule has 0 fully saturated rings. The number of aromatic amines is 1. The summed E-state index contributed by atoms with van der Waals surface area (Å²) in [6.07, 6.45) is 1.64. The third kappa shape index (κ3) is 1.77. The molecule has 0 radical (unpaired) electrons. The van der Waals surface area contributed by atoms with Crippen LogP contribution in [0.25, 0.3) is 22.5 Å². The average Bonchev–Trinajstić information content (AvgIpc) is 3.01. The zero-order chi connectivity index (χ0) is 13.4. The smallest absolute Gasteiger partial charge is 0.133 e. The van der Waals surface area contributed by atoms with E-state index < -0.39 is 0 Å². The SMILES string of the molecule is Cc1ccccc1-c1c(-c2cn[nH]n2)nn(C)c1N. The fraction of sp³-hybridized carbons (Fsp3) is 0.154. The van der Waals surface area contributed by atoms with Gasteiger partial charge in [0.05, 0.1) is 11.8 Å². The van der Waals surface area contributed by atoms with Crippen LogP contribution >= 0.6 is 0 Å². The first-order valence-corrected chi connectivity index (χ1v) is 5.93. The maximum absolute atomic E-state index is 6.15. The average molecular weight is 254 g/mol. The molecule has 2 aromatic heterocycles. The van der Waals surface area contributed by atoms with Crippen molar-refractivity contribution >= 4 is 5.82 Å². The molecule has 3 N–H and O–H groups in total. The van der Waals surface area contributed by atoms with E-state index in [-0.39, 0.29) is 0 Å². The van der Waals surface area contributed by atoms with E-state index in [9.17, 15) is 0 Å². The van der Waals surface area contributed by atoms with E-state index in [0.29, 0.717) is 11.5 Å². The van der Waals surface area contributed by atoms with Gasteiger partial charge in [-0.1, -0.05) is 24.3 Å². The normalized spacial score (nSPS) is 10.8. The molecule has 2 heterocycles. The highest BCUT2D eigenvalue weighted by Gasteiger charge is 2.19. The Morgan fingerprint density at radius 2 is 2.05 bits per heavy atom. The molecule has 6 nitrogen and oxygen atoms in total. The third-order valence-electron chi connectivity index (χ3n) is 3.16. The number of nitrogens with two attached hydrogens (primary N) is 1. The van der Waals surface area contributed by atoms with E-state index in [4.69, 9.17) is 5.73 Å². The van der Waals surface area contributed by atoms with Crippen LogP contribution < -0.4 is 5.73 Å². The van der Waals surface area contributed by atoms with E-state index in [0.717, 1.165) is 22.4 Å². The molecular weight excluding hydrogens is 240 g/mol. The molecule has 0 spiro atoms. The standard InChI is InChI=1S/C13H14N6/c1-8-5-3-4-6-9(8)11-12(10-7-15-18-16-10)17-19(2)13(11)14/h3-7H,14H2,1-2H3,(H,15,16,18). The van der Waals surface area contributed by atoms with Gasteiger partial charge in [-0.25, -0.2) is 0 Å². The predicted octanol–water partition coefficient (Wildman–Crippen LogP) is 1.76. The highest BCUT2D eigenvalue weighted by atomic mass is 15.3. The summed E-state index contributed by atoms with van der Waals surface area (Å²) >= 11 is 0. The van der Waals surface area contributed by atoms with Crippen molar-refractivity contribution < 1.29 is 0 Å². The van der Waals surface area contributed by atoms with Gasteiger partial charge in [0.15, 0.2) is 0 Å². The van der Waals surface area contributed by atoms with Crippen LogP contribution in [0.15, 0.2) is 30.5 Å². The lowest BCUT2D eigenvalue weighted by Gasteiger charge is -2.06. The monoisotopic (exact) mass is 254 g/mol. The van der Waals surface area contributed by atoms with Crippen molar-refractivity contribution in [1.29, 1.82) is 0 Å². The van der Waals surface area contributed by atoms with Crippen molar-refractivity contribution in [1.82, 2.24) is 25.2 Å². The number of anilines is 1. The molecule has 0 aliphatic carbocycles. The summed E-state index contributed by atoms with van der Waals surface area (Å²) < 4.78 is 1.66. The lowest BCUT2D eigenvalue weighted by atomic mass is 9.99. The summed E-state index contributed by atoms with van der Waals surface area (Å²) in [5, 5.41) is 15.0. The fourth-order valence-corrected chi connectivity index (χ4v) is 2.15. The number of rotatable bonds is 2. The third-order valence-corrected chi connectivity index (χ3v) is 3.16. The largest absolute Gasteiger partial charge is 0.383 e. The summed E-state index contributed by atoms with van der Waals surface area (Å²) in [6.45, 7) is 2.05. The maximum Gasteiger partial charge on any atom is 0.133 e. The molecule has 0 aliphatic rings. The van der Waals surface area contributed by atoms with Gasteiger partial charge in [-0.2, -0.15) is 20.5 Å². The van der Waals surface area contributed by atoms with E-state index in [1.165, 1.54) is 0 Å². The van der Waals surface area contributed by atoms with Crippen LogP contribution in [-0.2, 0) is 7.05 Å². The van der Waals surface area contributed by atoms with Crippen LogP contribution in [0.1, 0.15) is 5.56 Å². The minimum Gasteiger partial charge on any atom is -0.383 e. The summed E-state index contributed by atoms with van der Waals surface area (Å²) in [6, 6.07) is 8.07. The van der Waals surface area contributed by atoms with Crippen LogP contribution in [0.4, 0.5) is 5.82 Å². The van der Waals surface area contributed by atoms with Gasteiger partial charge in [0, 0.05) is 7.05 Å². The van der Waals surface area contributed by atoms with Gasteiger partial charge in [0.2, 0.25) is 0 Å². The predicted molar refractivity (Wildman–Crippen MR) is 73.2 cm³/mol. The number of nitrogen functional groups attached to an aromatic ring is 1. The van der Waals surface area contributed by atoms with Gasteiger partial charge in [0.25, 0.3) is 0 Å². The van der Waals surface area contributed by atoms with Gasteiger partial charge in [-0.15, -0.1) is 0 Å². The molecule has 0 saturated carbocycles. The van der Waals surface area contributed by atoms with Crippen LogP contribution in [0.2, 0.25) is 0 Å². The highest BCUT2D eigenvalue weighted by Crippen LogP contribution is 2.36. The molecule has 6 heteroatoms. The molecule has 1 aromatic carbocycles. The maximum atomic E-state index is 6.15. The van der Waals surface area contributed by atoms with Gasteiger partial charge >= 0.3 is 0 Å². The fourth-order valence-electron chi connectivity index (χ4n) is 2.15. The van der Waals surface area contributed by atoms with Crippen LogP contribution in [0, 0.1) is 6.92 Å². The number of hydrogen-bond donors (Lipinski definition) is 2. The second kappa shape index (κ2) is 4.24. The Hall–Kier alpha value is -2.63. The quantitative estimate of drug-likeness (QED) is 0.729. The number of benzene rings is 1. The van der Waals surface area contributed by atoms with Crippen molar-refractivity contribution in [2.45, 2.75) is 6.92 Å². The number of aromatic nitrogens is 5. The summed E-state index contributed by atoms with van der Waals surface area (Å²) in [4.78, 5) is 0. The van der Waals surface area contributed by atoms with Gasteiger partial charge < -0.3 is 5.73 Å². The van der Waals surface area contributed by atoms with E-state index in [2.05, 4.69) is 20.5 Å². The van der Waals surface area contributed by atoms with E-state index in [1.807, 2.05) is 38.2 Å². The molecule has 96 valence electrons. The lowest BCUT2D eigenvalue weighted by molar-refractivity contribution is 0.781. The first-order valence-electron chi connectivity index (χ1n) is 5.93. The van der Waals surface area contributed by atoms with E-state index in [1.54, 1.807) is 10.9 Å². The van der Waals surface area contributed by atoms with E-state index >= 15 is 0 Å². The summed E-state index contributed by atoms with van der Waals surface area (Å²) in [7, 11) is 1.82. The Kier molecular flexibility index (Phi) is 2.56. The molecule has 0 saturated heterocycles. The Balaban J connectivity index is 2.29.